The highest BCUT2D eigenvalue weighted by Gasteiger charge is 2.35. The van der Waals surface area contributed by atoms with Gasteiger partial charge in [0.05, 0.1) is 23.7 Å². The molecule has 0 bridgehead atoms. The molecule has 10 heteroatoms. The molecule has 0 N–H and O–H groups in total. The summed E-state index contributed by atoms with van der Waals surface area (Å²) < 4.78 is 52.7. The second-order valence-electron chi connectivity index (χ2n) is 6.98. The number of alkyl halides is 3. The number of methoxy groups -OCH3 is 1. The molecule has 4 aromatic rings. The van der Waals surface area contributed by atoms with Gasteiger partial charge in [0.1, 0.15) is 31.0 Å². The number of hydrogen-bond acceptors (Lipinski definition) is 5. The number of aromatic nitrogens is 2. The van der Waals surface area contributed by atoms with Crippen LogP contribution in [0.25, 0.3) is 16.0 Å². The lowest BCUT2D eigenvalue weighted by Gasteiger charge is -2.19. The second-order valence-corrected chi connectivity index (χ2v) is 8.01. The summed E-state index contributed by atoms with van der Waals surface area (Å²) in [6, 6.07) is 12.0. The van der Waals surface area contributed by atoms with Crippen LogP contribution in [0, 0.1) is 0 Å². The van der Waals surface area contributed by atoms with Gasteiger partial charge in [-0.05, 0) is 25.1 Å². The molecule has 0 unspecified atom stereocenters. The highest BCUT2D eigenvalue weighted by Crippen LogP contribution is 2.39. The maximum Gasteiger partial charge on any atom is 0.416 e. The van der Waals surface area contributed by atoms with E-state index in [2.05, 4.69) is 4.98 Å². The SMILES string of the molecule is [B]c1ccc2ncn(-c3cc(O[C@H](C)c4ccccc4C(F)(F)F)c(C(=O)OC)s3)c2c1. The first kappa shape index (κ1) is 21.9. The Balaban J connectivity index is 1.76. The average molecular weight is 456 g/mol. The number of carbonyl (C=O) groups excluding carboxylic acids is 1. The Morgan fingerprint density at radius 2 is 1.94 bits per heavy atom. The van der Waals surface area contributed by atoms with Crippen LogP contribution in [0.3, 0.4) is 0 Å². The zero-order valence-electron chi connectivity index (χ0n) is 17.0. The van der Waals surface area contributed by atoms with Crippen molar-refractivity contribution in [3.8, 4) is 10.8 Å². The van der Waals surface area contributed by atoms with Crippen molar-refractivity contribution in [2.75, 3.05) is 7.11 Å². The van der Waals surface area contributed by atoms with Gasteiger partial charge in [-0.3, -0.25) is 4.57 Å². The number of ether oxygens (including phenoxy) is 2. The highest BCUT2D eigenvalue weighted by atomic mass is 32.1. The number of halogens is 3. The summed E-state index contributed by atoms with van der Waals surface area (Å²) in [5.41, 5.74) is 1.12. The minimum atomic E-state index is -4.53. The van der Waals surface area contributed by atoms with Gasteiger partial charge in [0.15, 0.2) is 4.88 Å². The number of carbonyl (C=O) groups is 1. The summed E-state index contributed by atoms with van der Waals surface area (Å²) in [5, 5.41) is 0.574. The Kier molecular flexibility index (Phi) is 5.72. The third kappa shape index (κ3) is 4.10. The molecule has 0 aliphatic rings. The van der Waals surface area contributed by atoms with E-state index in [0.29, 0.717) is 21.5 Å². The van der Waals surface area contributed by atoms with Crippen LogP contribution in [0.4, 0.5) is 13.2 Å². The summed E-state index contributed by atoms with van der Waals surface area (Å²) in [7, 11) is 7.11. The third-order valence-corrected chi connectivity index (χ3v) is 5.97. The molecule has 0 fully saturated rings. The zero-order chi connectivity index (χ0) is 23.0. The summed E-state index contributed by atoms with van der Waals surface area (Å²) in [6.07, 6.45) is -3.94. The van der Waals surface area contributed by atoms with Crippen LogP contribution in [0.1, 0.15) is 33.8 Å². The topological polar surface area (TPSA) is 53.4 Å². The van der Waals surface area contributed by atoms with Gasteiger partial charge in [-0.2, -0.15) is 13.2 Å². The largest absolute Gasteiger partial charge is 0.484 e. The molecule has 0 amide bonds. The van der Waals surface area contributed by atoms with E-state index in [4.69, 9.17) is 17.3 Å². The number of imidazole rings is 1. The molecule has 162 valence electrons. The van der Waals surface area contributed by atoms with Crippen molar-refractivity contribution in [3.05, 3.63) is 70.9 Å². The molecule has 32 heavy (non-hydrogen) atoms. The molecule has 0 aliphatic carbocycles. The molecule has 0 saturated heterocycles. The first-order valence-electron chi connectivity index (χ1n) is 9.47. The van der Waals surface area contributed by atoms with Crippen LogP contribution in [0.15, 0.2) is 54.9 Å². The summed E-state index contributed by atoms with van der Waals surface area (Å²) >= 11 is 1.08. The fourth-order valence-corrected chi connectivity index (χ4v) is 4.36. The fourth-order valence-electron chi connectivity index (χ4n) is 3.37. The van der Waals surface area contributed by atoms with Crippen LogP contribution in [-0.2, 0) is 10.9 Å². The molecule has 2 aromatic heterocycles. The van der Waals surface area contributed by atoms with Gasteiger partial charge in [0.2, 0.25) is 0 Å². The van der Waals surface area contributed by atoms with E-state index in [0.717, 1.165) is 17.4 Å². The van der Waals surface area contributed by atoms with Crippen LogP contribution in [-0.4, -0.2) is 30.5 Å². The molecule has 4 rings (SSSR count). The minimum Gasteiger partial charge on any atom is -0.484 e. The summed E-state index contributed by atoms with van der Waals surface area (Å²) in [6.45, 7) is 1.50. The van der Waals surface area contributed by atoms with Gasteiger partial charge >= 0.3 is 12.1 Å². The Morgan fingerprint density at radius 3 is 2.66 bits per heavy atom. The Morgan fingerprint density at radius 1 is 1.19 bits per heavy atom. The first-order chi connectivity index (χ1) is 15.2. The van der Waals surface area contributed by atoms with Crippen molar-refractivity contribution in [1.29, 1.82) is 0 Å². The number of esters is 1. The lowest BCUT2D eigenvalue weighted by Crippen LogP contribution is -2.14. The number of hydrogen-bond donors (Lipinski definition) is 0. The van der Waals surface area contributed by atoms with Crippen molar-refractivity contribution < 1.29 is 27.4 Å². The third-order valence-electron chi connectivity index (χ3n) is 4.87. The lowest BCUT2D eigenvalue weighted by atomic mass is 9.96. The van der Waals surface area contributed by atoms with Gasteiger partial charge < -0.3 is 9.47 Å². The predicted octanol–water partition coefficient (Wildman–Crippen LogP) is 4.83. The van der Waals surface area contributed by atoms with Gasteiger partial charge in [-0.25, -0.2) is 9.78 Å². The van der Waals surface area contributed by atoms with Crippen molar-refractivity contribution in [2.45, 2.75) is 19.2 Å². The van der Waals surface area contributed by atoms with Crippen molar-refractivity contribution in [1.82, 2.24) is 9.55 Å². The number of thiophene rings is 1. The molecular formula is C22H16BF3N2O3S. The Labute approximate surface area is 186 Å². The first-order valence-corrected chi connectivity index (χ1v) is 10.3. The van der Waals surface area contributed by atoms with Crippen LogP contribution in [0.2, 0.25) is 0 Å². The Bertz CT molecular complexity index is 1300. The minimum absolute atomic E-state index is 0.0376. The maximum atomic E-state index is 13.4. The molecule has 0 aliphatic heterocycles. The van der Waals surface area contributed by atoms with E-state index in [1.165, 1.54) is 32.2 Å². The van der Waals surface area contributed by atoms with E-state index in [1.54, 1.807) is 35.2 Å². The molecule has 2 aromatic carbocycles. The van der Waals surface area contributed by atoms with Gasteiger partial charge in [0.25, 0.3) is 0 Å². The van der Waals surface area contributed by atoms with Crippen molar-refractivity contribution in [2.24, 2.45) is 0 Å². The van der Waals surface area contributed by atoms with Gasteiger partial charge in [-0.15, -0.1) is 11.3 Å². The van der Waals surface area contributed by atoms with Crippen LogP contribution >= 0.6 is 11.3 Å². The number of rotatable bonds is 5. The number of fused-ring (bicyclic) bond motifs is 1. The molecule has 0 spiro atoms. The second kappa shape index (κ2) is 8.35. The van der Waals surface area contributed by atoms with Gasteiger partial charge in [0, 0.05) is 11.6 Å². The smallest absolute Gasteiger partial charge is 0.416 e. The molecule has 5 nitrogen and oxygen atoms in total. The number of benzene rings is 2. The lowest BCUT2D eigenvalue weighted by molar-refractivity contribution is -0.139. The number of nitrogens with zero attached hydrogens (tertiary/aromatic N) is 2. The zero-order valence-corrected chi connectivity index (χ0v) is 17.8. The van der Waals surface area contributed by atoms with E-state index in [-0.39, 0.29) is 16.2 Å². The highest BCUT2D eigenvalue weighted by molar-refractivity contribution is 7.16. The molecule has 0 saturated carbocycles. The monoisotopic (exact) mass is 456 g/mol. The quantitative estimate of drug-likeness (QED) is 0.319. The van der Waals surface area contributed by atoms with Crippen molar-refractivity contribution >= 4 is 41.6 Å². The van der Waals surface area contributed by atoms with E-state index < -0.39 is 23.8 Å². The normalized spacial score (nSPS) is 12.7. The average Bonchev–Trinajstić information content (AvgIpc) is 3.36. The van der Waals surface area contributed by atoms with E-state index >= 15 is 0 Å². The van der Waals surface area contributed by atoms with Gasteiger partial charge in [-0.1, -0.05) is 29.7 Å². The standard InChI is InChI=1S/C22H16BF3N2O3S/c1-12(14-5-3-4-6-15(14)22(24,25)26)31-18-10-19(32-20(18)21(29)30-2)28-11-27-16-8-7-13(23)9-17(16)28/h3-12H,1-2H3/t12-/m1/s1. The van der Waals surface area contributed by atoms with E-state index in [1.807, 2.05) is 0 Å². The Hall–Kier alpha value is -3.27. The molecular weight excluding hydrogens is 440 g/mol. The molecule has 2 heterocycles. The molecule has 2 radical (unpaired) electrons. The van der Waals surface area contributed by atoms with E-state index in [9.17, 15) is 18.0 Å². The fraction of sp³-hybridized carbons (Fsp3) is 0.182. The molecule has 1 atom stereocenters. The summed E-state index contributed by atoms with van der Waals surface area (Å²) in [4.78, 5) is 16.8. The van der Waals surface area contributed by atoms with Crippen molar-refractivity contribution in [3.63, 3.8) is 0 Å². The summed E-state index contributed by atoms with van der Waals surface area (Å²) in [5.74, 6) is -0.538. The van der Waals surface area contributed by atoms with Crippen LogP contribution < -0.4 is 10.2 Å². The maximum absolute atomic E-state index is 13.4. The van der Waals surface area contributed by atoms with Crippen LogP contribution in [0.5, 0.6) is 5.75 Å². The predicted molar refractivity (Wildman–Crippen MR) is 116 cm³/mol.